The molecule has 0 aliphatic heterocycles. The number of rotatable bonds is 4. The third kappa shape index (κ3) is 3.15. The van der Waals surface area contributed by atoms with E-state index >= 15 is 0 Å². The number of pyridine rings is 1. The zero-order valence-corrected chi connectivity index (χ0v) is 12.1. The smallest absolute Gasteiger partial charge is 0.269 e. The highest BCUT2D eigenvalue weighted by atomic mass is 16.1. The molecule has 0 unspecified atom stereocenters. The van der Waals surface area contributed by atoms with Crippen LogP contribution in [0.5, 0.6) is 0 Å². The van der Waals surface area contributed by atoms with Gasteiger partial charge in [0.25, 0.3) is 5.91 Å². The van der Waals surface area contributed by atoms with Crippen LogP contribution in [-0.4, -0.2) is 17.4 Å². The van der Waals surface area contributed by atoms with Gasteiger partial charge in [0.15, 0.2) is 0 Å². The SMILES string of the molecule is Nc1nc(C(=O)NCCC2CCCC2)cc2ccccc12. The Balaban J connectivity index is 1.66. The first kappa shape index (κ1) is 13.9. The molecule has 3 N–H and O–H groups in total. The number of nitrogens with one attached hydrogen (secondary N) is 1. The van der Waals surface area contributed by atoms with Crippen molar-refractivity contribution >= 4 is 22.5 Å². The van der Waals surface area contributed by atoms with E-state index in [-0.39, 0.29) is 5.91 Å². The zero-order valence-electron chi connectivity index (χ0n) is 12.1. The number of anilines is 1. The predicted octanol–water partition coefficient (Wildman–Crippen LogP) is 3.13. The molecule has 1 aromatic heterocycles. The summed E-state index contributed by atoms with van der Waals surface area (Å²) in [6.07, 6.45) is 6.34. The molecule has 0 atom stereocenters. The summed E-state index contributed by atoms with van der Waals surface area (Å²) in [7, 11) is 0. The Bertz CT molecular complexity index is 648. The lowest BCUT2D eigenvalue weighted by Gasteiger charge is -2.10. The summed E-state index contributed by atoms with van der Waals surface area (Å²) in [5.41, 5.74) is 6.33. The number of nitrogens with zero attached hydrogens (tertiary/aromatic N) is 1. The van der Waals surface area contributed by atoms with Gasteiger partial charge in [-0.15, -0.1) is 0 Å². The Morgan fingerprint density at radius 3 is 2.86 bits per heavy atom. The van der Waals surface area contributed by atoms with Crippen LogP contribution in [0.15, 0.2) is 30.3 Å². The van der Waals surface area contributed by atoms with Crippen molar-refractivity contribution in [2.45, 2.75) is 32.1 Å². The van der Waals surface area contributed by atoms with Crippen molar-refractivity contribution in [1.29, 1.82) is 0 Å². The third-order valence-electron chi connectivity index (χ3n) is 4.32. The lowest BCUT2D eigenvalue weighted by molar-refractivity contribution is 0.0947. The highest BCUT2D eigenvalue weighted by Crippen LogP contribution is 2.27. The quantitative estimate of drug-likeness (QED) is 0.905. The van der Waals surface area contributed by atoms with Gasteiger partial charge in [-0.05, 0) is 23.8 Å². The van der Waals surface area contributed by atoms with Crippen LogP contribution in [0.1, 0.15) is 42.6 Å². The van der Waals surface area contributed by atoms with E-state index in [0.717, 1.165) is 29.7 Å². The molecule has 1 aliphatic carbocycles. The molecule has 1 fully saturated rings. The second-order valence-electron chi connectivity index (χ2n) is 5.81. The molecule has 21 heavy (non-hydrogen) atoms. The molecule has 1 amide bonds. The summed E-state index contributed by atoms with van der Waals surface area (Å²) in [5, 5.41) is 4.80. The summed E-state index contributed by atoms with van der Waals surface area (Å²) in [6.45, 7) is 0.720. The molecular formula is C17H21N3O. The maximum atomic E-state index is 12.2. The maximum absolute atomic E-state index is 12.2. The van der Waals surface area contributed by atoms with Crippen LogP contribution >= 0.6 is 0 Å². The standard InChI is InChI=1S/C17H21N3O/c18-16-14-8-4-3-7-13(14)11-15(20-16)17(21)19-10-9-12-5-1-2-6-12/h3-4,7-8,11-12H,1-2,5-6,9-10H2,(H2,18,20)(H,19,21). The number of nitrogens with two attached hydrogens (primary N) is 1. The maximum Gasteiger partial charge on any atom is 0.269 e. The van der Waals surface area contributed by atoms with Crippen molar-refractivity contribution in [1.82, 2.24) is 10.3 Å². The van der Waals surface area contributed by atoms with E-state index in [9.17, 15) is 4.79 Å². The Morgan fingerprint density at radius 1 is 1.29 bits per heavy atom. The Morgan fingerprint density at radius 2 is 2.05 bits per heavy atom. The van der Waals surface area contributed by atoms with E-state index in [0.29, 0.717) is 11.5 Å². The van der Waals surface area contributed by atoms with Crippen LogP contribution in [-0.2, 0) is 0 Å². The second kappa shape index (κ2) is 6.12. The van der Waals surface area contributed by atoms with Crippen LogP contribution in [0.4, 0.5) is 5.82 Å². The molecule has 4 heteroatoms. The van der Waals surface area contributed by atoms with Crippen molar-refractivity contribution in [2.75, 3.05) is 12.3 Å². The lowest BCUT2D eigenvalue weighted by Crippen LogP contribution is -2.26. The van der Waals surface area contributed by atoms with Gasteiger partial charge < -0.3 is 11.1 Å². The summed E-state index contributed by atoms with van der Waals surface area (Å²) >= 11 is 0. The number of nitrogen functional groups attached to an aromatic ring is 1. The Labute approximate surface area is 124 Å². The third-order valence-corrected chi connectivity index (χ3v) is 4.32. The molecule has 0 saturated heterocycles. The van der Waals surface area contributed by atoms with Gasteiger partial charge in [0.1, 0.15) is 11.5 Å². The predicted molar refractivity (Wildman–Crippen MR) is 85.1 cm³/mol. The Kier molecular flexibility index (Phi) is 4.04. The minimum absolute atomic E-state index is 0.134. The topological polar surface area (TPSA) is 68.0 Å². The molecule has 3 rings (SSSR count). The summed E-state index contributed by atoms with van der Waals surface area (Å²) < 4.78 is 0. The van der Waals surface area contributed by atoms with E-state index in [1.807, 2.05) is 24.3 Å². The summed E-state index contributed by atoms with van der Waals surface area (Å²) in [4.78, 5) is 16.4. The van der Waals surface area contributed by atoms with Crippen LogP contribution in [0, 0.1) is 5.92 Å². The number of benzene rings is 1. The minimum Gasteiger partial charge on any atom is -0.383 e. The first-order chi connectivity index (χ1) is 10.2. The number of carbonyl (C=O) groups is 1. The molecule has 1 saturated carbocycles. The monoisotopic (exact) mass is 283 g/mol. The van der Waals surface area contributed by atoms with E-state index < -0.39 is 0 Å². The molecule has 0 radical (unpaired) electrons. The highest BCUT2D eigenvalue weighted by Gasteiger charge is 2.15. The van der Waals surface area contributed by atoms with Gasteiger partial charge in [-0.2, -0.15) is 0 Å². The molecule has 4 nitrogen and oxygen atoms in total. The van der Waals surface area contributed by atoms with Gasteiger partial charge in [-0.1, -0.05) is 49.9 Å². The zero-order chi connectivity index (χ0) is 14.7. The summed E-state index contributed by atoms with van der Waals surface area (Å²) in [5.74, 6) is 1.06. The average Bonchev–Trinajstić information content (AvgIpc) is 3.00. The molecule has 2 aromatic rings. The average molecular weight is 283 g/mol. The summed E-state index contributed by atoms with van der Waals surface area (Å²) in [6, 6.07) is 9.52. The van der Waals surface area contributed by atoms with Gasteiger partial charge in [0.05, 0.1) is 0 Å². The fraction of sp³-hybridized carbons (Fsp3) is 0.412. The minimum atomic E-state index is -0.134. The van der Waals surface area contributed by atoms with Gasteiger partial charge >= 0.3 is 0 Å². The number of aromatic nitrogens is 1. The molecule has 1 heterocycles. The molecule has 0 bridgehead atoms. The van der Waals surface area contributed by atoms with Crippen molar-refractivity contribution in [3.8, 4) is 0 Å². The van der Waals surface area contributed by atoms with Crippen molar-refractivity contribution in [3.63, 3.8) is 0 Å². The number of amides is 1. The van der Waals surface area contributed by atoms with Crippen LogP contribution in [0.3, 0.4) is 0 Å². The van der Waals surface area contributed by atoms with Gasteiger partial charge in [-0.25, -0.2) is 4.98 Å². The second-order valence-corrected chi connectivity index (χ2v) is 5.81. The van der Waals surface area contributed by atoms with E-state index in [1.165, 1.54) is 25.7 Å². The van der Waals surface area contributed by atoms with Gasteiger partial charge in [0, 0.05) is 11.9 Å². The highest BCUT2D eigenvalue weighted by molar-refractivity contribution is 5.99. The molecule has 1 aromatic carbocycles. The van der Waals surface area contributed by atoms with Crippen LogP contribution < -0.4 is 11.1 Å². The van der Waals surface area contributed by atoms with E-state index in [2.05, 4.69) is 10.3 Å². The number of hydrogen-bond acceptors (Lipinski definition) is 3. The van der Waals surface area contributed by atoms with Crippen molar-refractivity contribution in [2.24, 2.45) is 5.92 Å². The first-order valence-corrected chi connectivity index (χ1v) is 7.67. The fourth-order valence-electron chi connectivity index (χ4n) is 3.12. The van der Waals surface area contributed by atoms with Crippen LogP contribution in [0.25, 0.3) is 10.8 Å². The number of fused-ring (bicyclic) bond motifs is 1. The molecule has 110 valence electrons. The van der Waals surface area contributed by atoms with Gasteiger partial charge in [0.2, 0.25) is 0 Å². The number of hydrogen-bond donors (Lipinski definition) is 2. The fourth-order valence-corrected chi connectivity index (χ4v) is 3.12. The molecule has 0 spiro atoms. The van der Waals surface area contributed by atoms with E-state index in [1.54, 1.807) is 6.07 Å². The number of carbonyl (C=O) groups excluding carboxylic acids is 1. The van der Waals surface area contributed by atoms with Gasteiger partial charge in [-0.3, -0.25) is 4.79 Å². The van der Waals surface area contributed by atoms with E-state index in [4.69, 9.17) is 5.73 Å². The normalized spacial score (nSPS) is 15.4. The van der Waals surface area contributed by atoms with Crippen molar-refractivity contribution < 1.29 is 4.79 Å². The van der Waals surface area contributed by atoms with Crippen molar-refractivity contribution in [3.05, 3.63) is 36.0 Å². The van der Waals surface area contributed by atoms with Crippen LogP contribution in [0.2, 0.25) is 0 Å². The lowest BCUT2D eigenvalue weighted by atomic mass is 10.0. The molecular weight excluding hydrogens is 262 g/mol. The largest absolute Gasteiger partial charge is 0.383 e. The first-order valence-electron chi connectivity index (χ1n) is 7.67. The Hall–Kier alpha value is -2.10. The molecule has 1 aliphatic rings.